The molecule has 0 amide bonds. The van der Waals surface area contributed by atoms with Crippen LogP contribution in [-0.2, 0) is 6.54 Å². The molecule has 4 heteroatoms. The molecular weight excluding hydrogens is 254 g/mol. The Morgan fingerprint density at radius 3 is 2.63 bits per heavy atom. The Balaban J connectivity index is 1.79. The average molecular weight is 273 g/mol. The molecule has 0 aliphatic heterocycles. The summed E-state index contributed by atoms with van der Waals surface area (Å²) in [6.07, 6.45) is 2.55. The molecule has 3 rings (SSSR count). The lowest BCUT2D eigenvalue weighted by Gasteiger charge is -2.12. The van der Waals surface area contributed by atoms with Crippen molar-refractivity contribution in [3.63, 3.8) is 0 Å². The van der Waals surface area contributed by atoms with Crippen molar-refractivity contribution >= 4 is 11.8 Å². The van der Waals surface area contributed by atoms with Crippen LogP contribution in [0.15, 0.2) is 35.5 Å². The molecule has 1 aromatic heterocycles. The zero-order valence-corrected chi connectivity index (χ0v) is 12.2. The molecule has 1 fully saturated rings. The maximum Gasteiger partial charge on any atom is 0.191 e. The maximum atomic E-state index is 4.39. The summed E-state index contributed by atoms with van der Waals surface area (Å²) in [7, 11) is 0. The molecule has 0 spiro atoms. The number of nitrogens with zero attached hydrogens (tertiary/aromatic N) is 3. The molecule has 1 saturated carbocycles. The topological polar surface area (TPSA) is 30.7 Å². The highest BCUT2D eigenvalue weighted by molar-refractivity contribution is 7.99. The van der Waals surface area contributed by atoms with Gasteiger partial charge in [-0.25, -0.2) is 0 Å². The number of thioether (sulfide) groups is 1. The lowest BCUT2D eigenvalue weighted by atomic mass is 10.2. The van der Waals surface area contributed by atoms with E-state index in [1.54, 1.807) is 11.8 Å². The lowest BCUT2D eigenvalue weighted by molar-refractivity contribution is 0.642. The summed E-state index contributed by atoms with van der Waals surface area (Å²) < 4.78 is 2.28. The molecule has 0 N–H and O–H groups in total. The van der Waals surface area contributed by atoms with E-state index < -0.39 is 0 Å². The summed E-state index contributed by atoms with van der Waals surface area (Å²) in [5.74, 6) is 1.85. The Bertz CT molecular complexity index is 546. The fourth-order valence-electron chi connectivity index (χ4n) is 2.28. The molecule has 1 aliphatic carbocycles. The van der Waals surface area contributed by atoms with Crippen LogP contribution in [0.2, 0.25) is 0 Å². The molecule has 1 unspecified atom stereocenters. The van der Waals surface area contributed by atoms with Gasteiger partial charge in [0.25, 0.3) is 0 Å². The fraction of sp³-hybridized carbons (Fsp3) is 0.467. The van der Waals surface area contributed by atoms with Gasteiger partial charge in [-0.15, -0.1) is 10.2 Å². The van der Waals surface area contributed by atoms with Gasteiger partial charge in [-0.3, -0.25) is 0 Å². The summed E-state index contributed by atoms with van der Waals surface area (Å²) in [6.45, 7) is 5.36. The summed E-state index contributed by atoms with van der Waals surface area (Å²) in [6, 6.07) is 10.6. The van der Waals surface area contributed by atoms with E-state index in [0.717, 1.165) is 11.7 Å². The van der Waals surface area contributed by atoms with Gasteiger partial charge in [0.05, 0.1) is 0 Å². The van der Waals surface area contributed by atoms with Gasteiger partial charge in [0.2, 0.25) is 0 Å². The van der Waals surface area contributed by atoms with E-state index in [2.05, 4.69) is 58.9 Å². The lowest BCUT2D eigenvalue weighted by Crippen LogP contribution is -2.02. The van der Waals surface area contributed by atoms with Gasteiger partial charge in [0.1, 0.15) is 5.82 Å². The average Bonchev–Trinajstić information content (AvgIpc) is 3.21. The number of aromatic nitrogens is 3. The van der Waals surface area contributed by atoms with Crippen molar-refractivity contribution in [2.45, 2.75) is 49.6 Å². The highest BCUT2D eigenvalue weighted by Gasteiger charge is 2.30. The van der Waals surface area contributed by atoms with Crippen molar-refractivity contribution < 1.29 is 0 Å². The van der Waals surface area contributed by atoms with Gasteiger partial charge >= 0.3 is 0 Å². The molecule has 1 atom stereocenters. The smallest absolute Gasteiger partial charge is 0.191 e. The van der Waals surface area contributed by atoms with Crippen molar-refractivity contribution in [1.29, 1.82) is 0 Å². The molecule has 0 bridgehead atoms. The van der Waals surface area contributed by atoms with Gasteiger partial charge in [0, 0.05) is 17.7 Å². The standard InChI is InChI=1S/C15H19N3S/c1-3-18-14(13-9-10-13)16-17-15(18)19-11(2)12-7-5-4-6-8-12/h4-8,11,13H,3,9-10H2,1-2H3. The van der Waals surface area contributed by atoms with E-state index in [1.165, 1.54) is 24.2 Å². The molecule has 3 nitrogen and oxygen atoms in total. The summed E-state index contributed by atoms with van der Waals surface area (Å²) >= 11 is 1.80. The second-order valence-corrected chi connectivity index (χ2v) is 6.34. The molecule has 0 radical (unpaired) electrons. The minimum absolute atomic E-state index is 0.405. The van der Waals surface area contributed by atoms with E-state index in [1.807, 2.05) is 0 Å². The maximum absolute atomic E-state index is 4.39. The van der Waals surface area contributed by atoms with Crippen LogP contribution in [0, 0.1) is 0 Å². The molecule has 100 valence electrons. The van der Waals surface area contributed by atoms with E-state index in [4.69, 9.17) is 0 Å². The van der Waals surface area contributed by atoms with E-state index in [0.29, 0.717) is 11.2 Å². The third-order valence-corrected chi connectivity index (χ3v) is 4.69. The molecule has 0 saturated heterocycles. The van der Waals surface area contributed by atoms with Crippen molar-refractivity contribution in [3.05, 3.63) is 41.7 Å². The van der Waals surface area contributed by atoms with Gasteiger partial charge in [-0.2, -0.15) is 0 Å². The van der Waals surface area contributed by atoms with Crippen molar-refractivity contribution in [2.75, 3.05) is 0 Å². The summed E-state index contributed by atoms with van der Waals surface area (Å²) in [4.78, 5) is 0. The minimum atomic E-state index is 0.405. The Labute approximate surface area is 118 Å². The van der Waals surface area contributed by atoms with Crippen LogP contribution in [0.1, 0.15) is 49.2 Å². The van der Waals surface area contributed by atoms with Gasteiger partial charge < -0.3 is 4.57 Å². The highest BCUT2D eigenvalue weighted by atomic mass is 32.2. The zero-order chi connectivity index (χ0) is 13.2. The third kappa shape index (κ3) is 2.68. The molecule has 2 aromatic rings. The van der Waals surface area contributed by atoms with Crippen LogP contribution < -0.4 is 0 Å². The first-order valence-electron chi connectivity index (χ1n) is 6.94. The van der Waals surface area contributed by atoms with Crippen LogP contribution in [-0.4, -0.2) is 14.8 Å². The van der Waals surface area contributed by atoms with E-state index in [9.17, 15) is 0 Å². The Kier molecular flexibility index (Phi) is 3.60. The third-order valence-electron chi connectivity index (χ3n) is 3.56. The van der Waals surface area contributed by atoms with Gasteiger partial charge in [-0.1, -0.05) is 42.1 Å². The largest absolute Gasteiger partial charge is 0.306 e. The highest BCUT2D eigenvalue weighted by Crippen LogP contribution is 2.41. The predicted molar refractivity (Wildman–Crippen MR) is 78.4 cm³/mol. The van der Waals surface area contributed by atoms with Crippen molar-refractivity contribution in [1.82, 2.24) is 14.8 Å². The molecule has 1 heterocycles. The van der Waals surface area contributed by atoms with Gasteiger partial charge in [-0.05, 0) is 32.3 Å². The summed E-state index contributed by atoms with van der Waals surface area (Å²) in [5, 5.41) is 10.2. The molecule has 1 aliphatic rings. The predicted octanol–water partition coefficient (Wildman–Crippen LogP) is 4.03. The van der Waals surface area contributed by atoms with Crippen LogP contribution in [0.5, 0.6) is 0 Å². The SMILES string of the molecule is CCn1c(SC(C)c2ccccc2)nnc1C1CC1. The quantitative estimate of drug-likeness (QED) is 0.771. The first-order chi connectivity index (χ1) is 9.29. The second kappa shape index (κ2) is 5.37. The van der Waals surface area contributed by atoms with Gasteiger partial charge in [0.15, 0.2) is 5.16 Å². The van der Waals surface area contributed by atoms with Crippen LogP contribution in [0.25, 0.3) is 0 Å². The second-order valence-electron chi connectivity index (χ2n) is 5.03. The zero-order valence-electron chi connectivity index (χ0n) is 11.4. The van der Waals surface area contributed by atoms with Crippen LogP contribution >= 0.6 is 11.8 Å². The van der Waals surface area contributed by atoms with Crippen LogP contribution in [0.4, 0.5) is 0 Å². The minimum Gasteiger partial charge on any atom is -0.306 e. The number of hydrogen-bond donors (Lipinski definition) is 0. The molecule has 19 heavy (non-hydrogen) atoms. The van der Waals surface area contributed by atoms with Crippen molar-refractivity contribution in [3.8, 4) is 0 Å². The Morgan fingerprint density at radius 1 is 1.26 bits per heavy atom. The monoisotopic (exact) mass is 273 g/mol. The first-order valence-corrected chi connectivity index (χ1v) is 7.82. The Hall–Kier alpha value is -1.29. The normalized spacial score (nSPS) is 16.5. The fourth-order valence-corrected chi connectivity index (χ4v) is 3.33. The molecular formula is C15H19N3S. The Morgan fingerprint density at radius 2 is 2.00 bits per heavy atom. The number of benzene rings is 1. The molecule has 1 aromatic carbocycles. The van der Waals surface area contributed by atoms with E-state index in [-0.39, 0.29) is 0 Å². The first kappa shape index (κ1) is 12.7. The van der Waals surface area contributed by atoms with E-state index >= 15 is 0 Å². The van der Waals surface area contributed by atoms with Crippen LogP contribution in [0.3, 0.4) is 0 Å². The van der Waals surface area contributed by atoms with Crippen molar-refractivity contribution in [2.24, 2.45) is 0 Å². The number of hydrogen-bond acceptors (Lipinski definition) is 3. The number of rotatable bonds is 5. The summed E-state index contributed by atoms with van der Waals surface area (Å²) in [5.41, 5.74) is 1.34.